The topological polar surface area (TPSA) is 57.6 Å². The molecule has 1 aliphatic heterocycles. The van der Waals surface area contributed by atoms with Crippen LogP contribution in [0.25, 0.3) is 0 Å². The van der Waals surface area contributed by atoms with E-state index in [0.29, 0.717) is 19.5 Å². The van der Waals surface area contributed by atoms with Gasteiger partial charge in [-0.1, -0.05) is 0 Å². The lowest BCUT2D eigenvalue weighted by Crippen LogP contribution is -2.28. The SMILES string of the molecule is C#CCCCCC(=O)N1CCC(CC(=O)O)C1. The monoisotopic (exact) mass is 237 g/mol. The summed E-state index contributed by atoms with van der Waals surface area (Å²) in [7, 11) is 0. The van der Waals surface area contributed by atoms with Crippen LogP contribution < -0.4 is 0 Å². The van der Waals surface area contributed by atoms with Crippen LogP contribution in [0.4, 0.5) is 0 Å². The molecule has 0 radical (unpaired) electrons. The first-order valence-electron chi connectivity index (χ1n) is 6.06. The molecule has 1 atom stereocenters. The highest BCUT2D eigenvalue weighted by molar-refractivity contribution is 5.76. The molecule has 1 amide bonds. The Kier molecular flexibility index (Phi) is 5.55. The minimum Gasteiger partial charge on any atom is -0.481 e. The van der Waals surface area contributed by atoms with E-state index in [1.54, 1.807) is 4.90 Å². The molecule has 1 unspecified atom stereocenters. The van der Waals surface area contributed by atoms with Gasteiger partial charge in [-0.2, -0.15) is 0 Å². The van der Waals surface area contributed by atoms with Crippen molar-refractivity contribution in [3.8, 4) is 12.3 Å². The van der Waals surface area contributed by atoms with E-state index in [-0.39, 0.29) is 18.2 Å². The van der Waals surface area contributed by atoms with Gasteiger partial charge in [0.2, 0.25) is 5.91 Å². The first-order chi connectivity index (χ1) is 8.13. The van der Waals surface area contributed by atoms with Gasteiger partial charge in [0.15, 0.2) is 0 Å². The van der Waals surface area contributed by atoms with Gasteiger partial charge >= 0.3 is 5.97 Å². The Morgan fingerprint density at radius 2 is 2.18 bits per heavy atom. The fraction of sp³-hybridized carbons (Fsp3) is 0.692. The molecule has 1 rings (SSSR count). The lowest BCUT2D eigenvalue weighted by Gasteiger charge is -2.15. The van der Waals surface area contributed by atoms with Crippen molar-refractivity contribution in [3.05, 3.63) is 0 Å². The maximum absolute atomic E-state index is 11.8. The van der Waals surface area contributed by atoms with Gasteiger partial charge < -0.3 is 10.0 Å². The van der Waals surface area contributed by atoms with Gasteiger partial charge in [0.05, 0.1) is 0 Å². The number of carbonyl (C=O) groups excluding carboxylic acids is 1. The van der Waals surface area contributed by atoms with E-state index in [1.165, 1.54) is 0 Å². The summed E-state index contributed by atoms with van der Waals surface area (Å²) in [6, 6.07) is 0. The van der Waals surface area contributed by atoms with Gasteiger partial charge in [-0.05, 0) is 25.2 Å². The Balaban J connectivity index is 2.21. The molecule has 17 heavy (non-hydrogen) atoms. The Morgan fingerprint density at radius 3 is 2.82 bits per heavy atom. The summed E-state index contributed by atoms with van der Waals surface area (Å²) in [6.45, 7) is 1.30. The average molecular weight is 237 g/mol. The predicted octanol–water partition coefficient (Wildman–Crippen LogP) is 1.50. The summed E-state index contributed by atoms with van der Waals surface area (Å²) >= 11 is 0. The van der Waals surface area contributed by atoms with Crippen molar-refractivity contribution in [1.82, 2.24) is 4.90 Å². The summed E-state index contributed by atoms with van der Waals surface area (Å²) in [5.74, 6) is 2.03. The van der Waals surface area contributed by atoms with Gasteiger partial charge in [0.1, 0.15) is 0 Å². The third-order valence-electron chi connectivity index (χ3n) is 3.06. The van der Waals surface area contributed by atoms with Crippen LogP contribution >= 0.6 is 0 Å². The van der Waals surface area contributed by atoms with Crippen molar-refractivity contribution in [1.29, 1.82) is 0 Å². The number of aliphatic carboxylic acids is 1. The van der Waals surface area contributed by atoms with Crippen molar-refractivity contribution in [2.75, 3.05) is 13.1 Å². The molecule has 1 saturated heterocycles. The molecule has 0 aromatic carbocycles. The maximum atomic E-state index is 11.8. The van der Waals surface area contributed by atoms with Crippen LogP contribution in [-0.2, 0) is 9.59 Å². The molecule has 0 spiro atoms. The number of unbranched alkanes of at least 4 members (excludes halogenated alkanes) is 2. The van der Waals surface area contributed by atoms with Crippen LogP contribution in [0.5, 0.6) is 0 Å². The zero-order chi connectivity index (χ0) is 12.7. The number of hydrogen-bond acceptors (Lipinski definition) is 2. The second-order valence-electron chi connectivity index (χ2n) is 4.50. The van der Waals surface area contributed by atoms with Gasteiger partial charge in [0.25, 0.3) is 0 Å². The quantitative estimate of drug-likeness (QED) is 0.562. The molecule has 0 aliphatic carbocycles. The number of terminal acetylenes is 1. The summed E-state index contributed by atoms with van der Waals surface area (Å²) < 4.78 is 0. The molecule has 0 bridgehead atoms. The molecule has 0 aromatic heterocycles. The largest absolute Gasteiger partial charge is 0.481 e. The number of nitrogens with zero attached hydrogens (tertiary/aromatic N) is 1. The van der Waals surface area contributed by atoms with E-state index >= 15 is 0 Å². The van der Waals surface area contributed by atoms with Crippen LogP contribution in [0, 0.1) is 18.3 Å². The van der Waals surface area contributed by atoms with E-state index in [2.05, 4.69) is 5.92 Å². The number of carboxylic acid groups (broad SMARTS) is 1. The van der Waals surface area contributed by atoms with Gasteiger partial charge in [-0.3, -0.25) is 9.59 Å². The van der Waals surface area contributed by atoms with Crippen molar-refractivity contribution in [2.45, 2.75) is 38.5 Å². The zero-order valence-electron chi connectivity index (χ0n) is 10.0. The maximum Gasteiger partial charge on any atom is 0.303 e. The highest BCUT2D eigenvalue weighted by atomic mass is 16.4. The fourth-order valence-electron chi connectivity index (χ4n) is 2.13. The Bertz CT molecular complexity index is 319. The molecule has 94 valence electrons. The Labute approximate surface area is 102 Å². The third kappa shape index (κ3) is 4.90. The number of carboxylic acids is 1. The van der Waals surface area contributed by atoms with E-state index in [4.69, 9.17) is 11.5 Å². The van der Waals surface area contributed by atoms with Crippen molar-refractivity contribution in [3.63, 3.8) is 0 Å². The van der Waals surface area contributed by atoms with Gasteiger partial charge in [-0.15, -0.1) is 12.3 Å². The Morgan fingerprint density at radius 1 is 1.41 bits per heavy atom. The van der Waals surface area contributed by atoms with Crippen LogP contribution in [0.15, 0.2) is 0 Å². The molecular formula is C13H19NO3. The standard InChI is InChI=1S/C13H19NO3/c1-2-3-4-5-6-12(15)14-8-7-11(10-14)9-13(16)17/h1,11H,3-10H2,(H,16,17). The van der Waals surface area contributed by atoms with E-state index < -0.39 is 5.97 Å². The highest BCUT2D eigenvalue weighted by Gasteiger charge is 2.27. The molecule has 1 fully saturated rings. The first-order valence-corrected chi connectivity index (χ1v) is 6.06. The van der Waals surface area contributed by atoms with Crippen molar-refractivity contribution < 1.29 is 14.7 Å². The van der Waals surface area contributed by atoms with E-state index in [1.807, 2.05) is 0 Å². The lowest BCUT2D eigenvalue weighted by atomic mass is 10.1. The van der Waals surface area contributed by atoms with Crippen LogP contribution in [0.3, 0.4) is 0 Å². The molecular weight excluding hydrogens is 218 g/mol. The number of amides is 1. The molecule has 4 nitrogen and oxygen atoms in total. The lowest BCUT2D eigenvalue weighted by molar-refractivity contribution is -0.138. The number of rotatable bonds is 6. The predicted molar refractivity (Wildman–Crippen MR) is 64.2 cm³/mol. The van der Waals surface area contributed by atoms with Crippen LogP contribution in [-0.4, -0.2) is 35.0 Å². The first kappa shape index (κ1) is 13.6. The molecule has 1 heterocycles. The van der Waals surface area contributed by atoms with E-state index in [9.17, 15) is 9.59 Å². The van der Waals surface area contributed by atoms with Crippen LogP contribution in [0.1, 0.15) is 38.5 Å². The second kappa shape index (κ2) is 6.95. The van der Waals surface area contributed by atoms with Crippen molar-refractivity contribution >= 4 is 11.9 Å². The fourth-order valence-corrected chi connectivity index (χ4v) is 2.13. The van der Waals surface area contributed by atoms with E-state index in [0.717, 1.165) is 25.7 Å². The van der Waals surface area contributed by atoms with Crippen LogP contribution in [0.2, 0.25) is 0 Å². The minimum absolute atomic E-state index is 0.127. The number of carbonyl (C=O) groups is 2. The second-order valence-corrected chi connectivity index (χ2v) is 4.50. The number of hydrogen-bond donors (Lipinski definition) is 1. The molecule has 4 heteroatoms. The minimum atomic E-state index is -0.779. The molecule has 1 N–H and O–H groups in total. The zero-order valence-corrected chi connectivity index (χ0v) is 10.0. The van der Waals surface area contributed by atoms with Gasteiger partial charge in [0, 0.05) is 32.4 Å². The number of likely N-dealkylation sites (tertiary alicyclic amines) is 1. The normalized spacial score (nSPS) is 19.0. The third-order valence-corrected chi connectivity index (χ3v) is 3.06. The van der Waals surface area contributed by atoms with Crippen molar-refractivity contribution in [2.24, 2.45) is 5.92 Å². The highest BCUT2D eigenvalue weighted by Crippen LogP contribution is 2.20. The Hall–Kier alpha value is -1.50. The molecule has 1 aliphatic rings. The smallest absolute Gasteiger partial charge is 0.303 e. The molecule has 0 aromatic rings. The average Bonchev–Trinajstić information content (AvgIpc) is 2.71. The summed E-state index contributed by atoms with van der Waals surface area (Å²) in [5, 5.41) is 8.68. The summed E-state index contributed by atoms with van der Waals surface area (Å²) in [5.41, 5.74) is 0. The summed E-state index contributed by atoms with van der Waals surface area (Å²) in [4.78, 5) is 24.1. The summed E-state index contributed by atoms with van der Waals surface area (Å²) in [6.07, 6.45) is 9.06. The molecule has 0 saturated carbocycles. The van der Waals surface area contributed by atoms with Gasteiger partial charge in [-0.25, -0.2) is 0 Å².